The fraction of sp³-hybridized carbons (Fsp3) is 0.167. The maximum Gasteiger partial charge on any atom is 0.216 e. The van der Waals surface area contributed by atoms with Crippen molar-refractivity contribution in [1.82, 2.24) is 15.4 Å². The summed E-state index contributed by atoms with van der Waals surface area (Å²) in [6, 6.07) is 8.89. The van der Waals surface area contributed by atoms with E-state index in [4.69, 9.17) is 22.2 Å². The molecule has 1 heterocycles. The molecule has 0 radical (unpaired) electrons. The number of halogens is 1. The summed E-state index contributed by atoms with van der Waals surface area (Å²) in [6.45, 7) is 0. The zero-order chi connectivity index (χ0) is 13.0. The lowest BCUT2D eigenvalue weighted by molar-refractivity contribution is 0.395. The van der Waals surface area contributed by atoms with Crippen LogP contribution in [0.5, 0.6) is 5.88 Å². The van der Waals surface area contributed by atoms with Gasteiger partial charge in [-0.3, -0.25) is 5.84 Å². The van der Waals surface area contributed by atoms with Crippen LogP contribution in [0.15, 0.2) is 36.7 Å². The van der Waals surface area contributed by atoms with Crippen LogP contribution in [0.4, 0.5) is 0 Å². The first kappa shape index (κ1) is 12.8. The number of benzene rings is 1. The Morgan fingerprint density at radius 2 is 2.00 bits per heavy atom. The Morgan fingerprint density at radius 3 is 2.61 bits per heavy atom. The van der Waals surface area contributed by atoms with E-state index in [1.165, 1.54) is 6.33 Å². The number of nitrogens with one attached hydrogen (secondary N) is 1. The number of nitrogens with two attached hydrogens (primary N) is 1. The van der Waals surface area contributed by atoms with E-state index in [2.05, 4.69) is 15.4 Å². The number of aromatic nitrogens is 2. The number of hydrogen-bond acceptors (Lipinski definition) is 5. The van der Waals surface area contributed by atoms with Crippen molar-refractivity contribution in [3.05, 3.63) is 52.9 Å². The fourth-order valence-corrected chi connectivity index (χ4v) is 1.76. The number of rotatable bonds is 4. The zero-order valence-electron chi connectivity index (χ0n) is 9.80. The summed E-state index contributed by atoms with van der Waals surface area (Å²) in [5.74, 6) is 6.08. The van der Waals surface area contributed by atoms with Gasteiger partial charge in [0.1, 0.15) is 6.33 Å². The van der Waals surface area contributed by atoms with Gasteiger partial charge in [-0.15, -0.1) is 0 Å². The SMILES string of the molecule is COc1cc(C(NN)c2ccc(Cl)cc2)ncn1. The minimum atomic E-state index is -0.237. The normalized spacial score (nSPS) is 12.2. The molecule has 1 unspecified atom stereocenters. The Kier molecular flexibility index (Phi) is 4.09. The number of hydrogen-bond donors (Lipinski definition) is 2. The summed E-state index contributed by atoms with van der Waals surface area (Å²) in [4.78, 5) is 8.15. The van der Waals surface area contributed by atoms with Gasteiger partial charge in [0.05, 0.1) is 18.8 Å². The van der Waals surface area contributed by atoms with Crippen LogP contribution in [-0.4, -0.2) is 17.1 Å². The molecular weight excluding hydrogens is 252 g/mol. The van der Waals surface area contributed by atoms with E-state index in [1.54, 1.807) is 25.3 Å². The molecule has 1 aromatic heterocycles. The molecule has 0 saturated carbocycles. The van der Waals surface area contributed by atoms with E-state index in [0.717, 1.165) is 11.3 Å². The van der Waals surface area contributed by atoms with Crippen molar-refractivity contribution in [2.75, 3.05) is 7.11 Å². The lowest BCUT2D eigenvalue weighted by Gasteiger charge is -2.16. The highest BCUT2D eigenvalue weighted by atomic mass is 35.5. The maximum absolute atomic E-state index is 5.86. The van der Waals surface area contributed by atoms with E-state index < -0.39 is 0 Å². The van der Waals surface area contributed by atoms with Crippen LogP contribution >= 0.6 is 11.6 Å². The Labute approximate surface area is 110 Å². The van der Waals surface area contributed by atoms with Crippen molar-refractivity contribution in [1.29, 1.82) is 0 Å². The first-order chi connectivity index (χ1) is 8.74. The molecule has 0 aliphatic rings. The molecule has 0 spiro atoms. The van der Waals surface area contributed by atoms with Crippen LogP contribution in [0.1, 0.15) is 17.3 Å². The Balaban J connectivity index is 2.35. The first-order valence-corrected chi connectivity index (χ1v) is 5.70. The van der Waals surface area contributed by atoms with Crippen molar-refractivity contribution < 1.29 is 4.74 Å². The van der Waals surface area contributed by atoms with Crippen LogP contribution in [-0.2, 0) is 0 Å². The minimum absolute atomic E-state index is 0.237. The van der Waals surface area contributed by atoms with E-state index >= 15 is 0 Å². The quantitative estimate of drug-likeness (QED) is 0.649. The molecule has 94 valence electrons. The molecule has 0 aliphatic heterocycles. The molecule has 18 heavy (non-hydrogen) atoms. The van der Waals surface area contributed by atoms with Crippen LogP contribution in [0.2, 0.25) is 5.02 Å². The van der Waals surface area contributed by atoms with Gasteiger partial charge >= 0.3 is 0 Å². The number of nitrogens with zero attached hydrogens (tertiary/aromatic N) is 2. The molecule has 0 aliphatic carbocycles. The van der Waals surface area contributed by atoms with Crippen molar-refractivity contribution >= 4 is 11.6 Å². The van der Waals surface area contributed by atoms with Crippen molar-refractivity contribution in [2.45, 2.75) is 6.04 Å². The summed E-state index contributed by atoms with van der Waals surface area (Å²) in [6.07, 6.45) is 1.44. The fourth-order valence-electron chi connectivity index (χ4n) is 1.63. The van der Waals surface area contributed by atoms with Crippen LogP contribution < -0.4 is 16.0 Å². The molecular formula is C12H13ClN4O. The molecule has 2 aromatic rings. The lowest BCUT2D eigenvalue weighted by atomic mass is 10.0. The van der Waals surface area contributed by atoms with Gasteiger partial charge in [0.25, 0.3) is 0 Å². The number of ether oxygens (including phenoxy) is 1. The van der Waals surface area contributed by atoms with Gasteiger partial charge in [-0.2, -0.15) is 0 Å². The maximum atomic E-state index is 5.86. The summed E-state index contributed by atoms with van der Waals surface area (Å²) in [5.41, 5.74) is 4.41. The summed E-state index contributed by atoms with van der Waals surface area (Å²) >= 11 is 5.86. The Bertz CT molecular complexity index is 518. The van der Waals surface area contributed by atoms with Crippen molar-refractivity contribution in [3.8, 4) is 5.88 Å². The van der Waals surface area contributed by atoms with E-state index in [1.807, 2.05) is 12.1 Å². The predicted octanol–water partition coefficient (Wildman–Crippen LogP) is 1.69. The largest absolute Gasteiger partial charge is 0.481 e. The highest BCUT2D eigenvalue weighted by Gasteiger charge is 2.14. The number of hydrazine groups is 1. The van der Waals surface area contributed by atoms with Gasteiger partial charge in [0.15, 0.2) is 0 Å². The van der Waals surface area contributed by atoms with Crippen LogP contribution in [0.3, 0.4) is 0 Å². The zero-order valence-corrected chi connectivity index (χ0v) is 10.6. The number of methoxy groups -OCH3 is 1. The molecule has 6 heteroatoms. The van der Waals surface area contributed by atoms with E-state index in [9.17, 15) is 0 Å². The van der Waals surface area contributed by atoms with Crippen molar-refractivity contribution in [2.24, 2.45) is 5.84 Å². The third kappa shape index (κ3) is 2.76. The average molecular weight is 265 g/mol. The van der Waals surface area contributed by atoms with Gasteiger partial charge in [-0.05, 0) is 17.7 Å². The van der Waals surface area contributed by atoms with E-state index in [-0.39, 0.29) is 6.04 Å². The van der Waals surface area contributed by atoms with Crippen LogP contribution in [0, 0.1) is 0 Å². The van der Waals surface area contributed by atoms with Crippen molar-refractivity contribution in [3.63, 3.8) is 0 Å². The smallest absolute Gasteiger partial charge is 0.216 e. The molecule has 2 rings (SSSR count). The van der Waals surface area contributed by atoms with Gasteiger partial charge in [0.2, 0.25) is 5.88 Å². The van der Waals surface area contributed by atoms with Gasteiger partial charge < -0.3 is 4.74 Å². The molecule has 0 amide bonds. The highest BCUT2D eigenvalue weighted by Crippen LogP contribution is 2.22. The molecule has 0 saturated heterocycles. The molecule has 0 bridgehead atoms. The summed E-state index contributed by atoms with van der Waals surface area (Å²) in [5, 5.41) is 0.676. The molecule has 3 N–H and O–H groups in total. The second-order valence-electron chi connectivity index (χ2n) is 3.64. The monoisotopic (exact) mass is 264 g/mol. The Morgan fingerprint density at radius 1 is 1.28 bits per heavy atom. The minimum Gasteiger partial charge on any atom is -0.481 e. The third-order valence-electron chi connectivity index (χ3n) is 2.54. The molecule has 1 atom stereocenters. The summed E-state index contributed by atoms with van der Waals surface area (Å²) in [7, 11) is 1.55. The van der Waals surface area contributed by atoms with Gasteiger partial charge in [-0.25, -0.2) is 15.4 Å². The Hall–Kier alpha value is -1.69. The van der Waals surface area contributed by atoms with Gasteiger partial charge in [-0.1, -0.05) is 23.7 Å². The third-order valence-corrected chi connectivity index (χ3v) is 2.79. The molecule has 1 aromatic carbocycles. The predicted molar refractivity (Wildman–Crippen MR) is 69.2 cm³/mol. The second kappa shape index (κ2) is 5.77. The lowest BCUT2D eigenvalue weighted by Crippen LogP contribution is -2.29. The van der Waals surface area contributed by atoms with E-state index in [0.29, 0.717) is 10.9 Å². The topological polar surface area (TPSA) is 73.1 Å². The second-order valence-corrected chi connectivity index (χ2v) is 4.07. The molecule has 5 nitrogen and oxygen atoms in total. The van der Waals surface area contributed by atoms with Gasteiger partial charge in [0, 0.05) is 11.1 Å². The standard InChI is InChI=1S/C12H13ClN4O/c1-18-11-6-10(15-7-16-11)12(17-14)8-2-4-9(13)5-3-8/h2-7,12,17H,14H2,1H3. The highest BCUT2D eigenvalue weighted by molar-refractivity contribution is 6.30. The first-order valence-electron chi connectivity index (χ1n) is 5.32. The average Bonchev–Trinajstić information content (AvgIpc) is 2.42. The summed E-state index contributed by atoms with van der Waals surface area (Å²) < 4.78 is 5.06. The van der Waals surface area contributed by atoms with Crippen LogP contribution in [0.25, 0.3) is 0 Å². The molecule has 0 fully saturated rings.